The Balaban J connectivity index is 1.99. The zero-order valence-electron chi connectivity index (χ0n) is 14.0. The molecule has 0 spiro atoms. The molecule has 0 aliphatic carbocycles. The lowest BCUT2D eigenvalue weighted by atomic mass is 9.90. The van der Waals surface area contributed by atoms with Crippen molar-refractivity contribution in [2.45, 2.75) is 32.4 Å². The average molecular weight is 336 g/mol. The number of aliphatic hydroxyl groups is 1. The Labute approximate surface area is 140 Å². The third-order valence-electron chi connectivity index (χ3n) is 3.72. The summed E-state index contributed by atoms with van der Waals surface area (Å²) in [5.41, 5.74) is -0.669. The molecule has 1 aromatic rings. The van der Waals surface area contributed by atoms with Crippen molar-refractivity contribution in [3.63, 3.8) is 0 Å². The maximum absolute atomic E-state index is 13.6. The maximum atomic E-state index is 13.6. The number of hydrogen-bond acceptors (Lipinski definition) is 5. The molecule has 0 bridgehead atoms. The molecule has 2 rings (SSSR count). The second-order valence-corrected chi connectivity index (χ2v) is 6.71. The van der Waals surface area contributed by atoms with Gasteiger partial charge in [-0.05, 0) is 32.9 Å². The highest BCUT2D eigenvalue weighted by Crippen LogP contribution is 2.28. The van der Waals surface area contributed by atoms with E-state index in [4.69, 9.17) is 14.7 Å². The van der Waals surface area contributed by atoms with Gasteiger partial charge >= 0.3 is 6.09 Å². The van der Waals surface area contributed by atoms with Crippen molar-refractivity contribution in [3.05, 3.63) is 29.6 Å². The Hall–Kier alpha value is -2.33. The monoisotopic (exact) mass is 336 g/mol. The quantitative estimate of drug-likeness (QED) is 0.912. The summed E-state index contributed by atoms with van der Waals surface area (Å²) in [5.74, 6) is -0.508. The summed E-state index contributed by atoms with van der Waals surface area (Å²) in [6.07, 6.45) is -0.466. The SMILES string of the molecule is CC(C)(C)OC(=O)N1CC(CO)C1COc1ccc(C#N)c(F)c1. The normalized spacial score (nSPS) is 20.1. The van der Waals surface area contributed by atoms with Crippen molar-refractivity contribution in [1.82, 2.24) is 4.90 Å². The molecule has 1 N–H and O–H groups in total. The van der Waals surface area contributed by atoms with E-state index in [1.807, 2.05) is 0 Å². The molecule has 1 saturated heterocycles. The molecule has 1 aliphatic rings. The second kappa shape index (κ2) is 7.05. The van der Waals surface area contributed by atoms with Crippen LogP contribution in [0.25, 0.3) is 0 Å². The van der Waals surface area contributed by atoms with E-state index in [0.717, 1.165) is 6.07 Å². The van der Waals surface area contributed by atoms with Crippen LogP contribution in [0, 0.1) is 23.1 Å². The molecule has 1 fully saturated rings. The van der Waals surface area contributed by atoms with Gasteiger partial charge < -0.3 is 19.5 Å². The molecule has 1 heterocycles. The van der Waals surface area contributed by atoms with Crippen LogP contribution in [0.5, 0.6) is 5.75 Å². The van der Waals surface area contributed by atoms with Crippen LogP contribution in [0.3, 0.4) is 0 Å². The van der Waals surface area contributed by atoms with Gasteiger partial charge in [-0.2, -0.15) is 5.26 Å². The molecule has 1 amide bonds. The highest BCUT2D eigenvalue weighted by Gasteiger charge is 2.43. The maximum Gasteiger partial charge on any atom is 0.410 e. The molecule has 7 heteroatoms. The van der Waals surface area contributed by atoms with Gasteiger partial charge in [0.25, 0.3) is 0 Å². The second-order valence-electron chi connectivity index (χ2n) is 6.71. The fraction of sp³-hybridized carbons (Fsp3) is 0.529. The van der Waals surface area contributed by atoms with Gasteiger partial charge in [0.05, 0.1) is 11.6 Å². The van der Waals surface area contributed by atoms with Crippen LogP contribution in [0.15, 0.2) is 18.2 Å². The first-order valence-corrected chi connectivity index (χ1v) is 7.68. The Kier molecular flexibility index (Phi) is 5.30. The van der Waals surface area contributed by atoms with Gasteiger partial charge in [0.15, 0.2) is 0 Å². The summed E-state index contributed by atoms with van der Waals surface area (Å²) in [7, 11) is 0. The molecule has 6 nitrogen and oxygen atoms in total. The van der Waals surface area contributed by atoms with E-state index in [1.165, 1.54) is 17.0 Å². The van der Waals surface area contributed by atoms with E-state index < -0.39 is 17.5 Å². The Morgan fingerprint density at radius 3 is 2.75 bits per heavy atom. The summed E-state index contributed by atoms with van der Waals surface area (Å²) in [5, 5.41) is 18.1. The van der Waals surface area contributed by atoms with E-state index in [2.05, 4.69) is 0 Å². The summed E-state index contributed by atoms with van der Waals surface area (Å²) in [6, 6.07) is 5.35. The van der Waals surface area contributed by atoms with E-state index in [-0.39, 0.29) is 36.5 Å². The number of nitriles is 1. The number of rotatable bonds is 4. The van der Waals surface area contributed by atoms with Gasteiger partial charge in [0.2, 0.25) is 0 Å². The number of carbonyl (C=O) groups excluding carboxylic acids is 1. The topological polar surface area (TPSA) is 82.8 Å². The predicted octanol–water partition coefficient (Wildman–Crippen LogP) is 2.30. The highest BCUT2D eigenvalue weighted by molar-refractivity contribution is 5.69. The third kappa shape index (κ3) is 4.15. The first-order valence-electron chi connectivity index (χ1n) is 7.68. The summed E-state index contributed by atoms with van der Waals surface area (Å²) >= 11 is 0. The van der Waals surface area contributed by atoms with Crippen LogP contribution in [0.4, 0.5) is 9.18 Å². The molecule has 0 saturated carbocycles. The fourth-order valence-electron chi connectivity index (χ4n) is 2.42. The molecular weight excluding hydrogens is 315 g/mol. The average Bonchev–Trinajstić information content (AvgIpc) is 2.45. The number of amides is 1. The van der Waals surface area contributed by atoms with Crippen molar-refractivity contribution in [2.75, 3.05) is 19.8 Å². The van der Waals surface area contributed by atoms with Crippen molar-refractivity contribution in [3.8, 4) is 11.8 Å². The Morgan fingerprint density at radius 1 is 1.50 bits per heavy atom. The number of aliphatic hydroxyl groups excluding tert-OH is 1. The van der Waals surface area contributed by atoms with E-state index in [1.54, 1.807) is 26.8 Å². The number of halogens is 1. The number of likely N-dealkylation sites (tertiary alicyclic amines) is 1. The molecule has 2 atom stereocenters. The molecule has 24 heavy (non-hydrogen) atoms. The van der Waals surface area contributed by atoms with Crippen LogP contribution in [-0.2, 0) is 4.74 Å². The molecule has 1 aromatic carbocycles. The van der Waals surface area contributed by atoms with Gasteiger partial charge in [0, 0.05) is 25.1 Å². The smallest absolute Gasteiger partial charge is 0.410 e. The van der Waals surface area contributed by atoms with Gasteiger partial charge in [-0.25, -0.2) is 9.18 Å². The molecule has 1 aliphatic heterocycles. The van der Waals surface area contributed by atoms with Gasteiger partial charge in [-0.15, -0.1) is 0 Å². The summed E-state index contributed by atoms with van der Waals surface area (Å²) in [4.78, 5) is 13.6. The van der Waals surface area contributed by atoms with Crippen LogP contribution in [0.2, 0.25) is 0 Å². The number of carbonyl (C=O) groups is 1. The Morgan fingerprint density at radius 2 is 2.21 bits per heavy atom. The van der Waals surface area contributed by atoms with Gasteiger partial charge in [-0.1, -0.05) is 0 Å². The number of benzene rings is 1. The fourth-order valence-corrected chi connectivity index (χ4v) is 2.42. The first kappa shape index (κ1) is 18.0. The highest BCUT2D eigenvalue weighted by atomic mass is 19.1. The summed E-state index contributed by atoms with van der Waals surface area (Å²) in [6.45, 7) is 5.75. The lowest BCUT2D eigenvalue weighted by Crippen LogP contribution is -2.62. The first-order chi connectivity index (χ1) is 11.2. The number of ether oxygens (including phenoxy) is 2. The molecule has 0 radical (unpaired) electrons. The lowest BCUT2D eigenvalue weighted by molar-refractivity contribution is -0.0556. The molecular formula is C17H21FN2O4. The zero-order chi connectivity index (χ0) is 17.9. The van der Waals surface area contributed by atoms with Gasteiger partial charge in [-0.3, -0.25) is 0 Å². The van der Waals surface area contributed by atoms with Crippen molar-refractivity contribution in [2.24, 2.45) is 5.92 Å². The molecule has 2 unspecified atom stereocenters. The number of nitrogens with zero attached hydrogens (tertiary/aromatic N) is 2. The van der Waals surface area contributed by atoms with Crippen LogP contribution >= 0.6 is 0 Å². The van der Waals surface area contributed by atoms with Gasteiger partial charge in [0.1, 0.15) is 29.8 Å². The standard InChI is InChI=1S/C17H21FN2O4/c1-17(2,3)24-16(22)20-8-12(9-21)15(20)10-23-13-5-4-11(7-19)14(18)6-13/h4-6,12,15,21H,8-10H2,1-3H3. The van der Waals surface area contributed by atoms with Crippen molar-refractivity contribution >= 4 is 6.09 Å². The lowest BCUT2D eigenvalue weighted by Gasteiger charge is -2.46. The van der Waals surface area contributed by atoms with E-state index >= 15 is 0 Å². The largest absolute Gasteiger partial charge is 0.491 e. The van der Waals surface area contributed by atoms with Crippen molar-refractivity contribution < 1.29 is 23.8 Å². The predicted molar refractivity (Wildman–Crippen MR) is 83.9 cm³/mol. The third-order valence-corrected chi connectivity index (χ3v) is 3.72. The van der Waals surface area contributed by atoms with E-state index in [9.17, 15) is 14.3 Å². The summed E-state index contributed by atoms with van der Waals surface area (Å²) < 4.78 is 24.4. The minimum Gasteiger partial charge on any atom is -0.491 e. The molecule has 0 aromatic heterocycles. The van der Waals surface area contributed by atoms with E-state index in [0.29, 0.717) is 6.54 Å². The van der Waals surface area contributed by atoms with Crippen molar-refractivity contribution in [1.29, 1.82) is 5.26 Å². The minimum atomic E-state index is -0.661. The van der Waals surface area contributed by atoms with Crippen LogP contribution in [-0.4, -0.2) is 47.5 Å². The van der Waals surface area contributed by atoms with Crippen LogP contribution < -0.4 is 4.74 Å². The molecule has 130 valence electrons. The Bertz CT molecular complexity index is 651. The number of hydrogen-bond donors (Lipinski definition) is 1. The minimum absolute atomic E-state index is 0.0605. The van der Waals surface area contributed by atoms with Crippen LogP contribution in [0.1, 0.15) is 26.3 Å². The zero-order valence-corrected chi connectivity index (χ0v) is 14.0.